The fourth-order valence-electron chi connectivity index (χ4n) is 1.60. The first-order valence-corrected chi connectivity index (χ1v) is 5.53. The van der Waals surface area contributed by atoms with Gasteiger partial charge in [0.2, 0.25) is 5.75 Å². The lowest BCUT2D eigenvalue weighted by Crippen LogP contribution is -2.06. The third-order valence-corrected chi connectivity index (χ3v) is 2.62. The second-order valence-corrected chi connectivity index (χ2v) is 3.86. The molecule has 0 saturated heterocycles. The van der Waals surface area contributed by atoms with E-state index >= 15 is 0 Å². The van der Waals surface area contributed by atoms with E-state index in [9.17, 15) is 14.9 Å². The van der Waals surface area contributed by atoms with Crippen molar-refractivity contribution in [2.24, 2.45) is 0 Å². The number of para-hydroxylation sites is 1. The van der Waals surface area contributed by atoms with Gasteiger partial charge in [-0.15, -0.1) is 0 Å². The van der Waals surface area contributed by atoms with Crippen LogP contribution in [-0.4, -0.2) is 21.0 Å². The molecule has 0 spiro atoms. The monoisotopic (exact) mass is 278 g/mol. The van der Waals surface area contributed by atoms with E-state index in [-0.39, 0.29) is 17.9 Å². The van der Waals surface area contributed by atoms with Gasteiger partial charge in [-0.1, -0.05) is 6.07 Å². The van der Waals surface area contributed by atoms with Crippen LogP contribution in [0.4, 0.5) is 5.69 Å². The summed E-state index contributed by atoms with van der Waals surface area (Å²) in [5, 5.41) is 20.0. The van der Waals surface area contributed by atoms with Crippen LogP contribution < -0.4 is 4.74 Å². The SMILES string of the molecule is Cc1ocnc1COc1c(C(=O)O)cccc1[N+](=O)[O-]. The summed E-state index contributed by atoms with van der Waals surface area (Å²) in [6, 6.07) is 3.70. The fourth-order valence-corrected chi connectivity index (χ4v) is 1.60. The maximum absolute atomic E-state index is 11.1. The minimum Gasteiger partial charge on any atom is -0.480 e. The molecule has 0 bridgehead atoms. The van der Waals surface area contributed by atoms with Crippen molar-refractivity contribution in [1.82, 2.24) is 4.98 Å². The Hall–Kier alpha value is -2.90. The maximum Gasteiger partial charge on any atom is 0.339 e. The predicted octanol–water partition coefficient (Wildman–Crippen LogP) is 2.17. The van der Waals surface area contributed by atoms with Crippen molar-refractivity contribution < 1.29 is 24.0 Å². The first kappa shape index (κ1) is 13.5. The zero-order valence-electron chi connectivity index (χ0n) is 10.4. The number of aromatic nitrogens is 1. The largest absolute Gasteiger partial charge is 0.480 e. The summed E-state index contributed by atoms with van der Waals surface area (Å²) < 4.78 is 10.2. The van der Waals surface area contributed by atoms with E-state index in [1.54, 1.807) is 6.92 Å². The molecule has 8 nitrogen and oxygen atoms in total. The summed E-state index contributed by atoms with van der Waals surface area (Å²) in [6.07, 6.45) is 1.21. The van der Waals surface area contributed by atoms with Crippen LogP contribution in [0.25, 0.3) is 0 Å². The fraction of sp³-hybridized carbons (Fsp3) is 0.167. The van der Waals surface area contributed by atoms with Gasteiger partial charge in [-0.25, -0.2) is 9.78 Å². The minimum atomic E-state index is -1.31. The van der Waals surface area contributed by atoms with Crippen molar-refractivity contribution >= 4 is 11.7 Å². The number of carboxylic acid groups (broad SMARTS) is 1. The number of benzene rings is 1. The summed E-state index contributed by atoms with van der Waals surface area (Å²) >= 11 is 0. The van der Waals surface area contributed by atoms with Crippen molar-refractivity contribution in [3.63, 3.8) is 0 Å². The van der Waals surface area contributed by atoms with Crippen LogP contribution >= 0.6 is 0 Å². The molecule has 1 aromatic heterocycles. The van der Waals surface area contributed by atoms with Gasteiger partial charge in [-0.2, -0.15) is 0 Å². The summed E-state index contributed by atoms with van der Waals surface area (Å²) in [6.45, 7) is 1.54. The van der Waals surface area contributed by atoms with Crippen LogP contribution in [0.1, 0.15) is 21.8 Å². The summed E-state index contributed by atoms with van der Waals surface area (Å²) in [5.74, 6) is -1.10. The van der Waals surface area contributed by atoms with Crippen LogP contribution in [0.2, 0.25) is 0 Å². The van der Waals surface area contributed by atoms with Gasteiger partial charge >= 0.3 is 11.7 Å². The molecule has 0 fully saturated rings. The number of nitro groups is 1. The highest BCUT2D eigenvalue weighted by atomic mass is 16.6. The molecule has 0 aliphatic heterocycles. The van der Waals surface area contributed by atoms with E-state index in [4.69, 9.17) is 14.3 Å². The Bertz CT molecular complexity index is 631. The zero-order chi connectivity index (χ0) is 14.7. The number of nitrogens with zero attached hydrogens (tertiary/aromatic N) is 2. The minimum absolute atomic E-state index is 0.118. The predicted molar refractivity (Wildman–Crippen MR) is 65.6 cm³/mol. The topological polar surface area (TPSA) is 116 Å². The Morgan fingerprint density at radius 2 is 2.30 bits per heavy atom. The molecular weight excluding hydrogens is 268 g/mol. The molecule has 20 heavy (non-hydrogen) atoms. The summed E-state index contributed by atoms with van der Waals surface area (Å²) in [5.41, 5.74) is -0.245. The molecule has 0 amide bonds. The first-order chi connectivity index (χ1) is 9.50. The number of hydrogen-bond acceptors (Lipinski definition) is 6. The van der Waals surface area contributed by atoms with Crippen LogP contribution in [0.5, 0.6) is 5.75 Å². The molecule has 0 saturated carbocycles. The van der Waals surface area contributed by atoms with Gasteiger partial charge in [0, 0.05) is 6.07 Å². The van der Waals surface area contributed by atoms with E-state index in [0.29, 0.717) is 11.5 Å². The normalized spacial score (nSPS) is 10.2. The van der Waals surface area contributed by atoms with Crippen molar-refractivity contribution in [2.45, 2.75) is 13.5 Å². The van der Waals surface area contributed by atoms with Gasteiger partial charge in [0.05, 0.1) is 4.92 Å². The number of oxazole rings is 1. The van der Waals surface area contributed by atoms with Gasteiger partial charge in [-0.05, 0) is 13.0 Å². The molecule has 1 heterocycles. The second-order valence-electron chi connectivity index (χ2n) is 3.86. The van der Waals surface area contributed by atoms with Gasteiger partial charge in [-0.3, -0.25) is 10.1 Å². The number of nitro benzene ring substituents is 1. The maximum atomic E-state index is 11.1. The molecule has 0 aliphatic rings. The Morgan fingerprint density at radius 1 is 1.55 bits per heavy atom. The third-order valence-electron chi connectivity index (χ3n) is 2.62. The van der Waals surface area contributed by atoms with E-state index in [1.807, 2.05) is 0 Å². The van der Waals surface area contributed by atoms with E-state index < -0.39 is 16.6 Å². The summed E-state index contributed by atoms with van der Waals surface area (Å²) in [7, 11) is 0. The van der Waals surface area contributed by atoms with Crippen LogP contribution in [-0.2, 0) is 6.61 Å². The van der Waals surface area contributed by atoms with Crippen molar-refractivity contribution in [2.75, 3.05) is 0 Å². The molecule has 2 aromatic rings. The molecule has 8 heteroatoms. The number of rotatable bonds is 5. The van der Waals surface area contributed by atoms with Crippen molar-refractivity contribution in [3.05, 3.63) is 51.7 Å². The lowest BCUT2D eigenvalue weighted by molar-refractivity contribution is -0.386. The number of aryl methyl sites for hydroxylation is 1. The van der Waals surface area contributed by atoms with Crippen molar-refractivity contribution in [1.29, 1.82) is 0 Å². The second kappa shape index (κ2) is 5.39. The van der Waals surface area contributed by atoms with E-state index in [0.717, 1.165) is 0 Å². The molecular formula is C12H10N2O6. The number of carboxylic acids is 1. The Labute approximate surface area is 112 Å². The van der Waals surface area contributed by atoms with Crippen LogP contribution in [0, 0.1) is 17.0 Å². The highest BCUT2D eigenvalue weighted by Gasteiger charge is 2.23. The van der Waals surface area contributed by atoms with Gasteiger partial charge in [0.25, 0.3) is 0 Å². The highest BCUT2D eigenvalue weighted by Crippen LogP contribution is 2.31. The lowest BCUT2D eigenvalue weighted by Gasteiger charge is -2.08. The van der Waals surface area contributed by atoms with Gasteiger partial charge in [0.1, 0.15) is 23.6 Å². The molecule has 0 radical (unpaired) electrons. The first-order valence-electron chi connectivity index (χ1n) is 5.53. The lowest BCUT2D eigenvalue weighted by atomic mass is 10.1. The van der Waals surface area contributed by atoms with Crippen LogP contribution in [0.15, 0.2) is 29.0 Å². The quantitative estimate of drug-likeness (QED) is 0.658. The Morgan fingerprint density at radius 3 is 2.85 bits per heavy atom. The highest BCUT2D eigenvalue weighted by molar-refractivity contribution is 5.92. The molecule has 2 rings (SSSR count). The zero-order valence-corrected chi connectivity index (χ0v) is 10.4. The Balaban J connectivity index is 2.36. The molecule has 0 aliphatic carbocycles. The van der Waals surface area contributed by atoms with Gasteiger partial charge in [0.15, 0.2) is 6.39 Å². The Kier molecular flexibility index (Phi) is 3.65. The average molecular weight is 278 g/mol. The van der Waals surface area contributed by atoms with E-state index in [1.165, 1.54) is 24.6 Å². The molecule has 0 unspecified atom stereocenters. The van der Waals surface area contributed by atoms with Gasteiger partial charge < -0.3 is 14.3 Å². The molecule has 0 atom stereocenters. The smallest absolute Gasteiger partial charge is 0.339 e. The molecule has 104 valence electrons. The van der Waals surface area contributed by atoms with Crippen molar-refractivity contribution in [3.8, 4) is 5.75 Å². The number of hydrogen-bond donors (Lipinski definition) is 1. The van der Waals surface area contributed by atoms with Crippen LogP contribution in [0.3, 0.4) is 0 Å². The average Bonchev–Trinajstić information content (AvgIpc) is 2.81. The standard InChI is InChI=1S/C12H10N2O6/c1-7-9(13-6-20-7)5-19-11-8(12(15)16)3-2-4-10(11)14(17)18/h2-4,6H,5H2,1H3,(H,15,16). The number of aromatic carboxylic acids is 1. The summed E-state index contributed by atoms with van der Waals surface area (Å²) in [4.78, 5) is 25.2. The van der Waals surface area contributed by atoms with E-state index in [2.05, 4.69) is 4.98 Å². The number of ether oxygens (including phenoxy) is 1. The molecule has 1 aromatic carbocycles. The molecule has 1 N–H and O–H groups in total. The third kappa shape index (κ3) is 2.58. The number of carbonyl (C=O) groups is 1.